The van der Waals surface area contributed by atoms with Gasteiger partial charge in [-0.05, 0) is 49.2 Å². The maximum absolute atomic E-state index is 13.0. The van der Waals surface area contributed by atoms with Crippen LogP contribution in [-0.2, 0) is 9.59 Å². The van der Waals surface area contributed by atoms with Crippen molar-refractivity contribution in [2.24, 2.45) is 4.99 Å². The lowest BCUT2D eigenvalue weighted by atomic mass is 10.1. The summed E-state index contributed by atoms with van der Waals surface area (Å²) in [6.45, 7) is 4.11. The number of benzene rings is 2. The lowest BCUT2D eigenvalue weighted by molar-refractivity contribution is -0.384. The Labute approximate surface area is 224 Å². The molecule has 11 nitrogen and oxygen atoms in total. The fourth-order valence-electron chi connectivity index (χ4n) is 4.76. The Morgan fingerprint density at radius 2 is 1.61 bits per heavy atom. The summed E-state index contributed by atoms with van der Waals surface area (Å²) in [5.41, 5.74) is 2.02. The monoisotopic (exact) mass is 536 g/mol. The Morgan fingerprint density at radius 3 is 2.24 bits per heavy atom. The molecule has 3 amide bonds. The standard InChI is InChI=1S/C26H28N6O5S/c33-23(17-22-24(34)28-26(38-22)31-11-1-2-12-31)27-19-5-3-18(4-6-19)25(35)30-15-13-29(14-16-30)20-7-9-21(10-8-20)32(36)37/h3-10,22H,1-2,11-17H2,(H,27,33)/t22-/m0/s1. The Morgan fingerprint density at radius 1 is 0.947 bits per heavy atom. The van der Waals surface area contributed by atoms with Gasteiger partial charge in [-0.2, -0.15) is 4.99 Å². The van der Waals surface area contributed by atoms with Gasteiger partial charge in [0, 0.05) is 74.8 Å². The van der Waals surface area contributed by atoms with Gasteiger partial charge >= 0.3 is 0 Å². The van der Waals surface area contributed by atoms with E-state index in [1.807, 2.05) is 0 Å². The van der Waals surface area contributed by atoms with Gasteiger partial charge in [-0.25, -0.2) is 0 Å². The summed E-state index contributed by atoms with van der Waals surface area (Å²) in [5, 5.41) is 13.9. The average Bonchev–Trinajstić information content (AvgIpc) is 3.59. The highest BCUT2D eigenvalue weighted by atomic mass is 32.2. The number of carbonyl (C=O) groups is 3. The molecule has 2 aromatic rings. The molecule has 1 N–H and O–H groups in total. The molecule has 5 rings (SSSR count). The van der Waals surface area contributed by atoms with Gasteiger partial charge in [-0.15, -0.1) is 0 Å². The van der Waals surface area contributed by atoms with E-state index in [-0.39, 0.29) is 29.8 Å². The summed E-state index contributed by atoms with van der Waals surface area (Å²) in [5.74, 6) is -0.623. The highest BCUT2D eigenvalue weighted by molar-refractivity contribution is 8.15. The SMILES string of the molecule is O=C(C[C@@H]1SC(N2CCCC2)=NC1=O)Nc1ccc(C(=O)N2CCN(c3ccc([N+](=O)[O-])cc3)CC2)cc1. The molecule has 0 unspecified atom stereocenters. The van der Waals surface area contributed by atoms with Crippen molar-refractivity contribution < 1.29 is 19.3 Å². The molecule has 2 saturated heterocycles. The zero-order chi connectivity index (χ0) is 26.6. The van der Waals surface area contributed by atoms with E-state index in [0.717, 1.165) is 36.8 Å². The minimum absolute atomic E-state index is 0.0457. The minimum atomic E-state index is -0.504. The lowest BCUT2D eigenvalue weighted by Gasteiger charge is -2.36. The molecule has 2 fully saturated rings. The number of carbonyl (C=O) groups excluding carboxylic acids is 3. The van der Waals surface area contributed by atoms with E-state index < -0.39 is 10.2 Å². The smallest absolute Gasteiger partial charge is 0.269 e. The molecule has 0 bridgehead atoms. The van der Waals surface area contributed by atoms with Gasteiger partial charge in [0.05, 0.1) is 4.92 Å². The van der Waals surface area contributed by atoms with E-state index in [0.29, 0.717) is 37.4 Å². The summed E-state index contributed by atoms with van der Waals surface area (Å²) in [7, 11) is 0. The second kappa shape index (κ2) is 11.2. The second-order valence-electron chi connectivity index (χ2n) is 9.42. The molecule has 198 valence electrons. The van der Waals surface area contributed by atoms with Crippen LogP contribution in [0.1, 0.15) is 29.6 Å². The van der Waals surface area contributed by atoms with Crippen LogP contribution in [0.25, 0.3) is 0 Å². The normalized spacial score (nSPS) is 19.5. The molecule has 12 heteroatoms. The summed E-state index contributed by atoms with van der Waals surface area (Å²) in [6.07, 6.45) is 2.23. The zero-order valence-corrected chi connectivity index (χ0v) is 21.6. The molecular weight excluding hydrogens is 508 g/mol. The lowest BCUT2D eigenvalue weighted by Crippen LogP contribution is -2.48. The van der Waals surface area contributed by atoms with Crippen LogP contribution in [0, 0.1) is 10.1 Å². The van der Waals surface area contributed by atoms with Crippen molar-refractivity contribution in [1.82, 2.24) is 9.80 Å². The van der Waals surface area contributed by atoms with Crippen LogP contribution in [0.5, 0.6) is 0 Å². The zero-order valence-electron chi connectivity index (χ0n) is 20.7. The second-order valence-corrected chi connectivity index (χ2v) is 10.6. The quantitative estimate of drug-likeness (QED) is 0.441. The van der Waals surface area contributed by atoms with E-state index in [1.165, 1.54) is 23.9 Å². The van der Waals surface area contributed by atoms with Crippen LogP contribution in [0.2, 0.25) is 0 Å². The summed E-state index contributed by atoms with van der Waals surface area (Å²) < 4.78 is 0. The Balaban J connectivity index is 1.09. The van der Waals surface area contributed by atoms with Crippen molar-refractivity contribution in [3.63, 3.8) is 0 Å². The number of amidine groups is 1. The van der Waals surface area contributed by atoms with Crippen LogP contribution >= 0.6 is 11.8 Å². The van der Waals surface area contributed by atoms with E-state index in [2.05, 4.69) is 20.1 Å². The van der Waals surface area contributed by atoms with Gasteiger partial charge in [-0.1, -0.05) is 11.8 Å². The molecule has 38 heavy (non-hydrogen) atoms. The van der Waals surface area contributed by atoms with Crippen LogP contribution in [0.4, 0.5) is 17.1 Å². The number of nitrogens with one attached hydrogen (secondary N) is 1. The third-order valence-corrected chi connectivity index (χ3v) is 8.10. The number of hydrogen-bond donors (Lipinski definition) is 1. The fourth-order valence-corrected chi connectivity index (χ4v) is 5.88. The van der Waals surface area contributed by atoms with Gasteiger partial charge < -0.3 is 20.0 Å². The number of piperazine rings is 1. The number of hydrogen-bond acceptors (Lipinski definition) is 8. The molecule has 2 aromatic carbocycles. The Kier molecular flexibility index (Phi) is 7.59. The van der Waals surface area contributed by atoms with Crippen molar-refractivity contribution >= 4 is 51.7 Å². The predicted octanol–water partition coefficient (Wildman–Crippen LogP) is 2.98. The van der Waals surface area contributed by atoms with Crippen molar-refractivity contribution in [2.45, 2.75) is 24.5 Å². The van der Waals surface area contributed by atoms with Crippen molar-refractivity contribution in [3.8, 4) is 0 Å². The van der Waals surface area contributed by atoms with Crippen molar-refractivity contribution in [1.29, 1.82) is 0 Å². The van der Waals surface area contributed by atoms with Gasteiger partial charge in [0.2, 0.25) is 5.91 Å². The predicted molar refractivity (Wildman–Crippen MR) is 146 cm³/mol. The van der Waals surface area contributed by atoms with Crippen LogP contribution in [0.15, 0.2) is 53.5 Å². The molecule has 3 aliphatic heterocycles. The number of aliphatic imine (C=N–C) groups is 1. The topological polar surface area (TPSA) is 128 Å². The van der Waals surface area contributed by atoms with E-state index in [9.17, 15) is 24.5 Å². The van der Waals surface area contributed by atoms with Crippen molar-refractivity contribution in [3.05, 3.63) is 64.2 Å². The Hall–Kier alpha value is -3.93. The summed E-state index contributed by atoms with van der Waals surface area (Å²) >= 11 is 1.36. The average molecular weight is 537 g/mol. The van der Waals surface area contributed by atoms with Gasteiger partial charge in [0.1, 0.15) is 5.25 Å². The number of anilines is 2. The van der Waals surface area contributed by atoms with Crippen LogP contribution in [0.3, 0.4) is 0 Å². The minimum Gasteiger partial charge on any atom is -0.368 e. The maximum atomic E-state index is 13.0. The van der Waals surface area contributed by atoms with E-state index >= 15 is 0 Å². The fraction of sp³-hybridized carbons (Fsp3) is 0.385. The first kappa shape index (κ1) is 25.7. The molecule has 1 atom stereocenters. The first-order chi connectivity index (χ1) is 18.4. The third kappa shape index (κ3) is 5.80. The number of non-ortho nitro benzene ring substituents is 1. The number of nitro benzene ring substituents is 1. The molecule has 0 saturated carbocycles. The number of amides is 3. The number of rotatable bonds is 6. The van der Waals surface area contributed by atoms with Gasteiger partial charge in [0.25, 0.3) is 17.5 Å². The third-order valence-electron chi connectivity index (χ3n) is 6.88. The largest absolute Gasteiger partial charge is 0.368 e. The summed E-state index contributed by atoms with van der Waals surface area (Å²) in [4.78, 5) is 58.3. The first-order valence-corrected chi connectivity index (χ1v) is 13.5. The van der Waals surface area contributed by atoms with Crippen LogP contribution < -0.4 is 10.2 Å². The molecule has 3 heterocycles. The molecule has 0 aliphatic carbocycles. The number of likely N-dealkylation sites (tertiary alicyclic amines) is 1. The van der Waals surface area contributed by atoms with Crippen LogP contribution in [-0.4, -0.2) is 82.1 Å². The first-order valence-electron chi connectivity index (χ1n) is 12.6. The van der Waals surface area contributed by atoms with E-state index in [1.54, 1.807) is 41.3 Å². The van der Waals surface area contributed by atoms with Gasteiger partial charge in [0.15, 0.2) is 5.17 Å². The molecule has 0 radical (unpaired) electrons. The number of thioether (sulfide) groups is 1. The molecule has 0 spiro atoms. The van der Waals surface area contributed by atoms with Gasteiger partial charge in [-0.3, -0.25) is 24.5 Å². The molecule has 0 aromatic heterocycles. The number of nitro groups is 1. The molecular formula is C26H28N6O5S. The highest BCUT2D eigenvalue weighted by Crippen LogP contribution is 2.29. The Bertz CT molecular complexity index is 1250. The van der Waals surface area contributed by atoms with Crippen molar-refractivity contribution in [2.75, 3.05) is 49.5 Å². The summed E-state index contributed by atoms with van der Waals surface area (Å²) in [6, 6.07) is 13.2. The number of nitrogens with zero attached hydrogens (tertiary/aromatic N) is 5. The maximum Gasteiger partial charge on any atom is 0.269 e. The van der Waals surface area contributed by atoms with E-state index in [4.69, 9.17) is 0 Å². The highest BCUT2D eigenvalue weighted by Gasteiger charge is 2.33. The molecule has 3 aliphatic rings.